The molecule has 0 aromatic heterocycles. The minimum absolute atomic E-state index is 0.198. The van der Waals surface area contributed by atoms with Crippen molar-refractivity contribution in [2.75, 3.05) is 31.7 Å². The van der Waals surface area contributed by atoms with Crippen molar-refractivity contribution in [2.45, 2.75) is 6.42 Å². The summed E-state index contributed by atoms with van der Waals surface area (Å²) in [4.78, 5) is 2.18. The molecule has 2 rings (SSSR count). The van der Waals surface area contributed by atoms with Crippen molar-refractivity contribution in [2.24, 2.45) is 0 Å². The maximum Gasteiger partial charge on any atom is 0.142 e. The zero-order valence-corrected chi connectivity index (χ0v) is 8.36. The number of ether oxygens (including phenoxy) is 1. The van der Waals surface area contributed by atoms with E-state index in [-0.39, 0.29) is 6.61 Å². The molecule has 0 unspecified atom stereocenters. The summed E-state index contributed by atoms with van der Waals surface area (Å²) < 4.78 is 5.52. The standard InChI is InChI=1S/C11H15NO2/c1-12-5-7-14-11-3-2-9(4-6-13)8-10(11)12/h2-3,8,13H,4-7H2,1H3. The van der Waals surface area contributed by atoms with Crippen molar-refractivity contribution in [3.05, 3.63) is 23.8 Å². The Kier molecular flexibility index (Phi) is 2.59. The lowest BCUT2D eigenvalue weighted by Crippen LogP contribution is -2.28. The first-order valence-corrected chi connectivity index (χ1v) is 4.89. The SMILES string of the molecule is CN1CCOc2ccc(CCO)cc21. The van der Waals surface area contributed by atoms with Crippen LogP contribution in [0.1, 0.15) is 5.56 Å². The summed E-state index contributed by atoms with van der Waals surface area (Å²) in [7, 11) is 2.06. The van der Waals surface area contributed by atoms with Crippen LogP contribution < -0.4 is 9.64 Å². The molecule has 1 aliphatic heterocycles. The quantitative estimate of drug-likeness (QED) is 0.762. The molecule has 3 nitrogen and oxygen atoms in total. The molecule has 0 amide bonds. The lowest BCUT2D eigenvalue weighted by molar-refractivity contribution is 0.298. The van der Waals surface area contributed by atoms with Gasteiger partial charge in [0.25, 0.3) is 0 Å². The van der Waals surface area contributed by atoms with Gasteiger partial charge in [0.1, 0.15) is 12.4 Å². The molecule has 76 valence electrons. The fourth-order valence-electron chi connectivity index (χ4n) is 1.68. The molecule has 0 aliphatic carbocycles. The van der Waals surface area contributed by atoms with Gasteiger partial charge >= 0.3 is 0 Å². The summed E-state index contributed by atoms with van der Waals surface area (Å²) in [5, 5.41) is 8.84. The molecule has 3 heteroatoms. The Morgan fingerprint density at radius 2 is 2.36 bits per heavy atom. The molecular weight excluding hydrogens is 178 g/mol. The Balaban J connectivity index is 2.31. The Labute approximate surface area is 83.9 Å². The normalized spacial score (nSPS) is 14.9. The number of rotatable bonds is 2. The van der Waals surface area contributed by atoms with E-state index in [1.54, 1.807) is 0 Å². The van der Waals surface area contributed by atoms with Gasteiger partial charge in [-0.3, -0.25) is 0 Å². The smallest absolute Gasteiger partial charge is 0.142 e. The predicted octanol–water partition coefficient (Wildman–Crippen LogP) is 1.05. The van der Waals surface area contributed by atoms with Crippen molar-refractivity contribution >= 4 is 5.69 Å². The number of hydrogen-bond acceptors (Lipinski definition) is 3. The maximum absolute atomic E-state index is 8.84. The second kappa shape index (κ2) is 3.88. The molecule has 0 saturated heterocycles. The molecule has 1 aromatic rings. The summed E-state index contributed by atoms with van der Waals surface area (Å²) in [5.74, 6) is 0.945. The molecule has 0 radical (unpaired) electrons. The summed E-state index contributed by atoms with van der Waals surface area (Å²) >= 11 is 0. The van der Waals surface area contributed by atoms with E-state index >= 15 is 0 Å². The van der Waals surface area contributed by atoms with Gasteiger partial charge < -0.3 is 14.7 Å². The first kappa shape index (κ1) is 9.34. The molecule has 0 bridgehead atoms. The van der Waals surface area contributed by atoms with Gasteiger partial charge in [-0.05, 0) is 24.1 Å². The number of benzene rings is 1. The molecular formula is C11H15NO2. The van der Waals surface area contributed by atoms with Crippen molar-refractivity contribution in [3.63, 3.8) is 0 Å². The molecule has 1 N–H and O–H groups in total. The van der Waals surface area contributed by atoms with Crippen molar-refractivity contribution in [1.29, 1.82) is 0 Å². The highest BCUT2D eigenvalue weighted by molar-refractivity contribution is 5.60. The van der Waals surface area contributed by atoms with Crippen LogP contribution >= 0.6 is 0 Å². The van der Waals surface area contributed by atoms with E-state index in [4.69, 9.17) is 9.84 Å². The Morgan fingerprint density at radius 1 is 1.50 bits per heavy atom. The monoisotopic (exact) mass is 193 g/mol. The van der Waals surface area contributed by atoms with E-state index in [0.29, 0.717) is 6.42 Å². The van der Waals surface area contributed by atoms with Gasteiger partial charge in [-0.2, -0.15) is 0 Å². The van der Waals surface area contributed by atoms with Crippen LogP contribution in [0.5, 0.6) is 5.75 Å². The van der Waals surface area contributed by atoms with Gasteiger partial charge in [0.2, 0.25) is 0 Å². The van der Waals surface area contributed by atoms with Gasteiger partial charge in [-0.1, -0.05) is 6.07 Å². The summed E-state index contributed by atoms with van der Waals surface area (Å²) in [6.45, 7) is 1.88. The summed E-state index contributed by atoms with van der Waals surface area (Å²) in [6.07, 6.45) is 0.709. The maximum atomic E-state index is 8.84. The first-order chi connectivity index (χ1) is 6.81. The zero-order valence-electron chi connectivity index (χ0n) is 8.36. The van der Waals surface area contributed by atoms with Crippen LogP contribution in [-0.2, 0) is 6.42 Å². The van der Waals surface area contributed by atoms with E-state index in [1.165, 1.54) is 0 Å². The number of hydrogen-bond donors (Lipinski definition) is 1. The fraction of sp³-hybridized carbons (Fsp3) is 0.455. The average molecular weight is 193 g/mol. The molecule has 0 saturated carbocycles. The van der Waals surface area contributed by atoms with Crippen LogP contribution in [0.2, 0.25) is 0 Å². The largest absolute Gasteiger partial charge is 0.490 e. The fourth-order valence-corrected chi connectivity index (χ4v) is 1.68. The Bertz CT molecular complexity index is 325. The highest BCUT2D eigenvalue weighted by Gasteiger charge is 2.14. The number of fused-ring (bicyclic) bond motifs is 1. The van der Waals surface area contributed by atoms with Crippen LogP contribution in [0.25, 0.3) is 0 Å². The van der Waals surface area contributed by atoms with Crippen LogP contribution in [-0.4, -0.2) is 31.9 Å². The second-order valence-corrected chi connectivity index (χ2v) is 3.55. The molecule has 1 aliphatic rings. The molecule has 1 heterocycles. The number of nitrogens with zero attached hydrogens (tertiary/aromatic N) is 1. The third-order valence-electron chi connectivity index (χ3n) is 2.52. The highest BCUT2D eigenvalue weighted by Crippen LogP contribution is 2.31. The molecule has 0 atom stereocenters. The minimum atomic E-state index is 0.198. The van der Waals surface area contributed by atoms with Crippen LogP contribution in [0.3, 0.4) is 0 Å². The Morgan fingerprint density at radius 3 is 3.14 bits per heavy atom. The van der Waals surface area contributed by atoms with E-state index in [2.05, 4.69) is 18.0 Å². The van der Waals surface area contributed by atoms with Gasteiger partial charge in [0.15, 0.2) is 0 Å². The Hall–Kier alpha value is -1.22. The predicted molar refractivity (Wildman–Crippen MR) is 56.0 cm³/mol. The van der Waals surface area contributed by atoms with Gasteiger partial charge in [-0.15, -0.1) is 0 Å². The van der Waals surface area contributed by atoms with Crippen molar-refractivity contribution in [1.82, 2.24) is 0 Å². The lowest BCUT2D eigenvalue weighted by atomic mass is 10.1. The van der Waals surface area contributed by atoms with Crippen LogP contribution in [0.4, 0.5) is 5.69 Å². The lowest BCUT2D eigenvalue weighted by Gasteiger charge is -2.28. The van der Waals surface area contributed by atoms with Crippen LogP contribution in [0.15, 0.2) is 18.2 Å². The molecule has 1 aromatic carbocycles. The summed E-state index contributed by atoms with van der Waals surface area (Å²) in [6, 6.07) is 6.08. The number of aliphatic hydroxyl groups is 1. The highest BCUT2D eigenvalue weighted by atomic mass is 16.5. The third kappa shape index (κ3) is 1.68. The average Bonchev–Trinajstić information content (AvgIpc) is 2.20. The van der Waals surface area contributed by atoms with E-state index in [0.717, 1.165) is 30.2 Å². The minimum Gasteiger partial charge on any atom is -0.490 e. The van der Waals surface area contributed by atoms with E-state index in [9.17, 15) is 0 Å². The first-order valence-electron chi connectivity index (χ1n) is 4.89. The van der Waals surface area contributed by atoms with Crippen LogP contribution in [0, 0.1) is 0 Å². The third-order valence-corrected chi connectivity index (χ3v) is 2.52. The summed E-state index contributed by atoms with van der Waals surface area (Å²) in [5.41, 5.74) is 2.28. The number of likely N-dealkylation sites (N-methyl/N-ethyl adjacent to an activating group) is 1. The van der Waals surface area contributed by atoms with Crippen molar-refractivity contribution < 1.29 is 9.84 Å². The molecule has 0 fully saturated rings. The van der Waals surface area contributed by atoms with E-state index < -0.39 is 0 Å². The number of aliphatic hydroxyl groups excluding tert-OH is 1. The van der Waals surface area contributed by atoms with Crippen molar-refractivity contribution in [3.8, 4) is 5.75 Å². The second-order valence-electron chi connectivity index (χ2n) is 3.55. The molecule has 14 heavy (non-hydrogen) atoms. The molecule has 0 spiro atoms. The topological polar surface area (TPSA) is 32.7 Å². The number of anilines is 1. The van der Waals surface area contributed by atoms with Gasteiger partial charge in [-0.25, -0.2) is 0 Å². The van der Waals surface area contributed by atoms with Gasteiger partial charge in [0, 0.05) is 13.7 Å². The van der Waals surface area contributed by atoms with Gasteiger partial charge in [0.05, 0.1) is 12.2 Å². The van der Waals surface area contributed by atoms with E-state index in [1.807, 2.05) is 12.1 Å². The zero-order chi connectivity index (χ0) is 9.97.